The van der Waals surface area contributed by atoms with Crippen LogP contribution in [0, 0.1) is 6.92 Å². The molecule has 0 aliphatic heterocycles. The number of aromatic carboxylic acids is 1. The van der Waals surface area contributed by atoms with Crippen LogP contribution in [0.2, 0.25) is 0 Å². The minimum atomic E-state index is -0.893. The van der Waals surface area contributed by atoms with Crippen molar-refractivity contribution in [2.75, 3.05) is 13.1 Å². The zero-order chi connectivity index (χ0) is 16.1. The molecule has 1 heterocycles. The van der Waals surface area contributed by atoms with E-state index < -0.39 is 5.97 Å². The first-order chi connectivity index (χ1) is 10.5. The van der Waals surface area contributed by atoms with Crippen LogP contribution in [-0.2, 0) is 13.0 Å². The van der Waals surface area contributed by atoms with E-state index in [1.54, 1.807) is 6.92 Å². The molecule has 1 aromatic carbocycles. The Balaban J connectivity index is 2.05. The van der Waals surface area contributed by atoms with Crippen LogP contribution in [0.25, 0.3) is 0 Å². The number of carboxylic acids is 1. The molecule has 0 saturated heterocycles. The molecule has 0 amide bonds. The third-order valence-corrected chi connectivity index (χ3v) is 4.86. The van der Waals surface area contributed by atoms with Crippen molar-refractivity contribution in [3.05, 3.63) is 51.0 Å². The molecule has 0 atom stereocenters. The van der Waals surface area contributed by atoms with Gasteiger partial charge in [0.1, 0.15) is 4.88 Å². The minimum absolute atomic E-state index is 0.341. The Labute approximate surface area is 135 Å². The molecule has 0 radical (unpaired) electrons. The molecule has 4 nitrogen and oxygen atoms in total. The molecule has 0 fully saturated rings. The van der Waals surface area contributed by atoms with Crippen LogP contribution in [0.1, 0.15) is 45.3 Å². The van der Waals surface area contributed by atoms with E-state index in [-0.39, 0.29) is 0 Å². The Morgan fingerprint density at radius 2 is 1.77 bits per heavy atom. The summed E-state index contributed by atoms with van der Waals surface area (Å²) in [5, 5.41) is 9.93. The summed E-state index contributed by atoms with van der Waals surface area (Å²) >= 11 is 1.27. The smallest absolute Gasteiger partial charge is 0.347 e. The molecule has 0 bridgehead atoms. The maximum absolute atomic E-state index is 11.1. The number of thiazole rings is 1. The number of carboxylic acid groups (broad SMARTS) is 1. The first kappa shape index (κ1) is 16.6. The predicted octanol–water partition coefficient (Wildman–Crippen LogP) is 3.58. The Bertz CT molecular complexity index is 631. The number of hydrogen-bond donors (Lipinski definition) is 1. The summed E-state index contributed by atoms with van der Waals surface area (Å²) < 4.78 is 0. The number of hydrogen-bond acceptors (Lipinski definition) is 4. The van der Waals surface area contributed by atoms with Crippen molar-refractivity contribution in [2.24, 2.45) is 0 Å². The lowest BCUT2D eigenvalue weighted by atomic mass is 10.1. The summed E-state index contributed by atoms with van der Waals surface area (Å²) in [7, 11) is 0. The zero-order valence-electron chi connectivity index (χ0n) is 13.3. The lowest BCUT2D eigenvalue weighted by Crippen LogP contribution is -2.21. The second-order valence-electron chi connectivity index (χ2n) is 5.28. The maximum Gasteiger partial charge on any atom is 0.347 e. The van der Waals surface area contributed by atoms with E-state index in [1.165, 1.54) is 16.9 Å². The number of nitrogens with zero attached hydrogens (tertiary/aromatic N) is 2. The molecule has 2 aromatic rings. The van der Waals surface area contributed by atoms with Gasteiger partial charge in [-0.1, -0.05) is 38.1 Å². The molecule has 2 rings (SSSR count). The van der Waals surface area contributed by atoms with Gasteiger partial charge in [-0.15, -0.1) is 11.3 Å². The summed E-state index contributed by atoms with van der Waals surface area (Å²) in [6.07, 6.45) is 0.685. The van der Waals surface area contributed by atoms with E-state index in [4.69, 9.17) is 5.11 Å². The van der Waals surface area contributed by atoms with E-state index in [9.17, 15) is 4.79 Å². The normalized spacial score (nSPS) is 11.1. The number of aromatic nitrogens is 1. The Morgan fingerprint density at radius 3 is 2.27 bits per heavy atom. The molecular formula is C17H22N2O2S. The second kappa shape index (κ2) is 7.51. The van der Waals surface area contributed by atoms with Gasteiger partial charge in [-0.3, -0.25) is 4.90 Å². The van der Waals surface area contributed by atoms with Crippen molar-refractivity contribution >= 4 is 17.3 Å². The van der Waals surface area contributed by atoms with Crippen LogP contribution in [0.3, 0.4) is 0 Å². The van der Waals surface area contributed by atoms with Gasteiger partial charge in [0.25, 0.3) is 0 Å². The molecule has 0 unspecified atom stereocenters. The molecule has 0 aliphatic rings. The van der Waals surface area contributed by atoms with Gasteiger partial charge in [-0.2, -0.15) is 0 Å². The molecule has 0 spiro atoms. The average Bonchev–Trinajstić information content (AvgIpc) is 2.87. The van der Waals surface area contributed by atoms with E-state index in [1.807, 2.05) is 0 Å². The molecular weight excluding hydrogens is 296 g/mol. The summed E-state index contributed by atoms with van der Waals surface area (Å²) in [6.45, 7) is 9.15. The van der Waals surface area contributed by atoms with Gasteiger partial charge >= 0.3 is 5.97 Å². The average molecular weight is 318 g/mol. The molecule has 5 heteroatoms. The predicted molar refractivity (Wildman–Crippen MR) is 89.7 cm³/mol. The van der Waals surface area contributed by atoms with Crippen molar-refractivity contribution in [1.29, 1.82) is 0 Å². The van der Waals surface area contributed by atoms with Gasteiger partial charge in [0.05, 0.1) is 10.7 Å². The van der Waals surface area contributed by atoms with Crippen LogP contribution in [0.4, 0.5) is 0 Å². The van der Waals surface area contributed by atoms with Crippen molar-refractivity contribution < 1.29 is 9.90 Å². The first-order valence-corrected chi connectivity index (χ1v) is 8.34. The molecule has 22 heavy (non-hydrogen) atoms. The van der Waals surface area contributed by atoms with Crippen LogP contribution in [0.5, 0.6) is 0 Å². The van der Waals surface area contributed by atoms with Crippen molar-refractivity contribution in [1.82, 2.24) is 9.88 Å². The zero-order valence-corrected chi connectivity index (χ0v) is 14.1. The van der Waals surface area contributed by atoms with Gasteiger partial charge in [0.2, 0.25) is 0 Å². The van der Waals surface area contributed by atoms with E-state index >= 15 is 0 Å². The fourth-order valence-electron chi connectivity index (χ4n) is 2.37. The fourth-order valence-corrected chi connectivity index (χ4v) is 3.31. The van der Waals surface area contributed by atoms with Gasteiger partial charge in [-0.25, -0.2) is 9.78 Å². The SMILES string of the molecule is CCN(CC)Cc1ccc(Cc2nc(C)c(C(=O)O)s2)cc1. The first-order valence-electron chi connectivity index (χ1n) is 7.53. The van der Waals surface area contributed by atoms with Crippen LogP contribution in [-0.4, -0.2) is 34.0 Å². The minimum Gasteiger partial charge on any atom is -0.477 e. The third-order valence-electron chi connectivity index (χ3n) is 3.71. The van der Waals surface area contributed by atoms with E-state index in [2.05, 4.69) is 48.0 Å². The largest absolute Gasteiger partial charge is 0.477 e. The summed E-state index contributed by atoms with van der Waals surface area (Å²) in [6, 6.07) is 8.50. The van der Waals surface area contributed by atoms with Gasteiger partial charge in [-0.05, 0) is 31.1 Å². The van der Waals surface area contributed by atoms with Crippen LogP contribution < -0.4 is 0 Å². The van der Waals surface area contributed by atoms with Crippen molar-refractivity contribution in [3.8, 4) is 0 Å². The third kappa shape index (κ3) is 4.15. The van der Waals surface area contributed by atoms with E-state index in [0.717, 1.165) is 30.2 Å². The fraction of sp³-hybridized carbons (Fsp3) is 0.412. The number of aryl methyl sites for hydroxylation is 1. The molecule has 118 valence electrons. The molecule has 1 aromatic heterocycles. The van der Waals surface area contributed by atoms with Gasteiger partial charge in [0.15, 0.2) is 0 Å². The molecule has 0 aliphatic carbocycles. The monoisotopic (exact) mass is 318 g/mol. The standard InChI is InChI=1S/C17H22N2O2S/c1-4-19(5-2)11-14-8-6-13(7-9-14)10-15-18-12(3)16(22-15)17(20)21/h6-9H,4-5,10-11H2,1-3H3,(H,20,21). The number of carbonyl (C=O) groups is 1. The quantitative estimate of drug-likeness (QED) is 0.848. The molecule has 1 N–H and O–H groups in total. The Morgan fingerprint density at radius 1 is 1.18 bits per heavy atom. The highest BCUT2D eigenvalue weighted by molar-refractivity contribution is 7.13. The second-order valence-corrected chi connectivity index (χ2v) is 6.37. The Kier molecular flexibility index (Phi) is 5.69. The maximum atomic E-state index is 11.1. The van der Waals surface area contributed by atoms with E-state index in [0.29, 0.717) is 17.0 Å². The van der Waals surface area contributed by atoms with Crippen molar-refractivity contribution in [3.63, 3.8) is 0 Å². The van der Waals surface area contributed by atoms with Gasteiger partial charge in [0, 0.05) is 13.0 Å². The summed E-state index contributed by atoms with van der Waals surface area (Å²) in [4.78, 5) is 18.1. The van der Waals surface area contributed by atoms with Gasteiger partial charge < -0.3 is 5.11 Å². The number of rotatable bonds is 7. The number of benzene rings is 1. The van der Waals surface area contributed by atoms with Crippen LogP contribution >= 0.6 is 11.3 Å². The topological polar surface area (TPSA) is 53.4 Å². The Hall–Kier alpha value is -1.72. The highest BCUT2D eigenvalue weighted by atomic mass is 32.1. The van der Waals surface area contributed by atoms with Crippen LogP contribution in [0.15, 0.2) is 24.3 Å². The lowest BCUT2D eigenvalue weighted by molar-refractivity contribution is 0.0701. The van der Waals surface area contributed by atoms with Crippen molar-refractivity contribution in [2.45, 2.75) is 33.7 Å². The highest BCUT2D eigenvalue weighted by Gasteiger charge is 2.14. The highest BCUT2D eigenvalue weighted by Crippen LogP contribution is 2.21. The lowest BCUT2D eigenvalue weighted by Gasteiger charge is -2.18. The summed E-state index contributed by atoms with van der Waals surface area (Å²) in [5.74, 6) is -0.893. The molecule has 0 saturated carbocycles. The summed E-state index contributed by atoms with van der Waals surface area (Å²) in [5.41, 5.74) is 3.06.